The summed E-state index contributed by atoms with van der Waals surface area (Å²) in [7, 11) is 3.07. The maximum absolute atomic E-state index is 12.0. The molecule has 0 aliphatic carbocycles. The topological polar surface area (TPSA) is 95.2 Å². The molecule has 2 aromatic carbocycles. The zero-order chi connectivity index (χ0) is 20.1. The van der Waals surface area contributed by atoms with Gasteiger partial charge in [0.2, 0.25) is 0 Å². The standard InChI is InChI=1S/C21H18O7/c1-25-17-7-3-13(9-19(17)26-2)4-8-20(23)27-12-14-10-21(24)28-18-11-15(22)5-6-16(14)18/h3-11,22H,12H2,1-2H3/b8-4+. The lowest BCUT2D eigenvalue weighted by Crippen LogP contribution is -2.05. The molecule has 144 valence electrons. The van der Waals surface area contributed by atoms with Crippen LogP contribution in [0.15, 0.2) is 57.8 Å². The Kier molecular flexibility index (Phi) is 5.64. The van der Waals surface area contributed by atoms with Crippen molar-refractivity contribution in [3.05, 3.63) is 70.1 Å². The molecule has 0 aliphatic rings. The van der Waals surface area contributed by atoms with E-state index in [1.54, 1.807) is 37.5 Å². The monoisotopic (exact) mass is 382 g/mol. The maximum Gasteiger partial charge on any atom is 0.336 e. The molecule has 0 aliphatic heterocycles. The highest BCUT2D eigenvalue weighted by molar-refractivity contribution is 5.87. The largest absolute Gasteiger partial charge is 0.508 e. The van der Waals surface area contributed by atoms with Gasteiger partial charge >= 0.3 is 11.6 Å². The minimum absolute atomic E-state index is 0.0253. The molecule has 1 aromatic heterocycles. The van der Waals surface area contributed by atoms with Crippen molar-refractivity contribution < 1.29 is 28.5 Å². The summed E-state index contributed by atoms with van der Waals surface area (Å²) >= 11 is 0. The third kappa shape index (κ3) is 4.32. The van der Waals surface area contributed by atoms with E-state index in [9.17, 15) is 14.7 Å². The second-order valence-corrected chi connectivity index (χ2v) is 5.83. The lowest BCUT2D eigenvalue weighted by molar-refractivity contribution is -0.138. The summed E-state index contributed by atoms with van der Waals surface area (Å²) in [5.74, 6) is 0.532. The number of phenols is 1. The number of methoxy groups -OCH3 is 2. The number of hydrogen-bond donors (Lipinski definition) is 1. The number of carbonyl (C=O) groups is 1. The highest BCUT2D eigenvalue weighted by Crippen LogP contribution is 2.28. The summed E-state index contributed by atoms with van der Waals surface area (Å²) in [5.41, 5.74) is 0.847. The average Bonchev–Trinajstić information content (AvgIpc) is 2.69. The number of phenolic OH excluding ortho intramolecular Hbond substituents is 1. The van der Waals surface area contributed by atoms with Gasteiger partial charge in [-0.3, -0.25) is 0 Å². The van der Waals surface area contributed by atoms with Gasteiger partial charge in [-0.15, -0.1) is 0 Å². The Morgan fingerprint density at radius 1 is 1.07 bits per heavy atom. The van der Waals surface area contributed by atoms with Crippen molar-refractivity contribution in [1.29, 1.82) is 0 Å². The smallest absolute Gasteiger partial charge is 0.336 e. The van der Waals surface area contributed by atoms with Crippen LogP contribution in [0.2, 0.25) is 0 Å². The number of aromatic hydroxyl groups is 1. The minimum Gasteiger partial charge on any atom is -0.508 e. The van der Waals surface area contributed by atoms with E-state index < -0.39 is 11.6 Å². The Morgan fingerprint density at radius 3 is 2.61 bits per heavy atom. The number of carbonyl (C=O) groups excluding carboxylic acids is 1. The molecule has 3 rings (SSSR count). The Morgan fingerprint density at radius 2 is 1.86 bits per heavy atom. The summed E-state index contributed by atoms with van der Waals surface area (Å²) in [6.07, 6.45) is 2.86. The van der Waals surface area contributed by atoms with Gasteiger partial charge in [0.1, 0.15) is 17.9 Å². The number of rotatable bonds is 6. The van der Waals surface area contributed by atoms with Gasteiger partial charge in [-0.05, 0) is 35.9 Å². The number of fused-ring (bicyclic) bond motifs is 1. The van der Waals surface area contributed by atoms with Crippen LogP contribution < -0.4 is 15.1 Å². The lowest BCUT2D eigenvalue weighted by Gasteiger charge is -2.08. The molecular formula is C21H18O7. The van der Waals surface area contributed by atoms with Crippen molar-refractivity contribution in [2.24, 2.45) is 0 Å². The van der Waals surface area contributed by atoms with E-state index in [1.807, 2.05) is 0 Å². The van der Waals surface area contributed by atoms with E-state index in [0.717, 1.165) is 5.56 Å². The van der Waals surface area contributed by atoms with E-state index in [-0.39, 0.29) is 17.9 Å². The molecule has 3 aromatic rings. The molecule has 0 fully saturated rings. The number of ether oxygens (including phenoxy) is 3. The highest BCUT2D eigenvalue weighted by Gasteiger charge is 2.09. The molecular weight excluding hydrogens is 364 g/mol. The second-order valence-electron chi connectivity index (χ2n) is 5.83. The predicted molar refractivity (Wildman–Crippen MR) is 103 cm³/mol. The van der Waals surface area contributed by atoms with Crippen LogP contribution in [0.5, 0.6) is 17.2 Å². The van der Waals surface area contributed by atoms with Gasteiger partial charge in [-0.2, -0.15) is 0 Å². The maximum atomic E-state index is 12.0. The molecule has 1 heterocycles. The van der Waals surface area contributed by atoms with E-state index in [0.29, 0.717) is 22.4 Å². The normalized spacial score (nSPS) is 10.9. The molecule has 28 heavy (non-hydrogen) atoms. The summed E-state index contributed by atoms with van der Waals surface area (Å²) < 4.78 is 20.6. The number of esters is 1. The summed E-state index contributed by atoms with van der Waals surface area (Å²) in [4.78, 5) is 23.7. The van der Waals surface area contributed by atoms with Crippen LogP contribution in [0.1, 0.15) is 11.1 Å². The average molecular weight is 382 g/mol. The summed E-state index contributed by atoms with van der Waals surface area (Å²) in [5, 5.41) is 10.1. The molecule has 0 unspecified atom stereocenters. The van der Waals surface area contributed by atoms with Gasteiger partial charge in [0, 0.05) is 29.2 Å². The van der Waals surface area contributed by atoms with Crippen molar-refractivity contribution in [1.82, 2.24) is 0 Å². The van der Waals surface area contributed by atoms with Crippen LogP contribution in [0.3, 0.4) is 0 Å². The molecule has 0 bridgehead atoms. The SMILES string of the molecule is COc1ccc(/C=C/C(=O)OCc2cc(=O)oc3cc(O)ccc23)cc1OC. The number of benzene rings is 2. The van der Waals surface area contributed by atoms with E-state index in [2.05, 4.69) is 0 Å². The van der Waals surface area contributed by atoms with Crippen molar-refractivity contribution in [2.45, 2.75) is 6.61 Å². The van der Waals surface area contributed by atoms with Crippen LogP contribution >= 0.6 is 0 Å². The van der Waals surface area contributed by atoms with E-state index in [4.69, 9.17) is 18.6 Å². The van der Waals surface area contributed by atoms with Crippen molar-refractivity contribution in [2.75, 3.05) is 14.2 Å². The Balaban J connectivity index is 1.72. The Labute approximate surface area is 160 Å². The van der Waals surface area contributed by atoms with Gasteiger partial charge in [-0.25, -0.2) is 9.59 Å². The lowest BCUT2D eigenvalue weighted by atomic mass is 10.1. The minimum atomic E-state index is -0.593. The first-order chi connectivity index (χ1) is 13.5. The third-order valence-corrected chi connectivity index (χ3v) is 4.00. The van der Waals surface area contributed by atoms with E-state index >= 15 is 0 Å². The first-order valence-corrected chi connectivity index (χ1v) is 8.33. The molecule has 0 spiro atoms. The third-order valence-electron chi connectivity index (χ3n) is 4.00. The van der Waals surface area contributed by atoms with Crippen LogP contribution in [-0.4, -0.2) is 25.3 Å². The first kappa shape index (κ1) is 19.0. The predicted octanol–water partition coefficient (Wildman–Crippen LogP) is 3.27. The zero-order valence-electron chi connectivity index (χ0n) is 15.3. The Hall–Kier alpha value is -3.74. The van der Waals surface area contributed by atoms with Crippen LogP contribution in [0, 0.1) is 0 Å². The van der Waals surface area contributed by atoms with Crippen molar-refractivity contribution >= 4 is 23.0 Å². The second kappa shape index (κ2) is 8.30. The van der Waals surface area contributed by atoms with Gasteiger partial charge < -0.3 is 23.7 Å². The fourth-order valence-corrected chi connectivity index (χ4v) is 2.66. The molecule has 0 saturated heterocycles. The fraction of sp³-hybridized carbons (Fsp3) is 0.143. The highest BCUT2D eigenvalue weighted by atomic mass is 16.5. The quantitative estimate of drug-likeness (QED) is 0.397. The summed E-state index contributed by atoms with van der Waals surface area (Å²) in [6.45, 7) is -0.109. The molecule has 7 heteroatoms. The van der Waals surface area contributed by atoms with Crippen molar-refractivity contribution in [3.8, 4) is 17.2 Å². The molecule has 0 amide bonds. The molecule has 0 atom stereocenters. The zero-order valence-corrected chi connectivity index (χ0v) is 15.3. The van der Waals surface area contributed by atoms with Gasteiger partial charge in [0.25, 0.3) is 0 Å². The van der Waals surface area contributed by atoms with Crippen LogP contribution in [0.4, 0.5) is 0 Å². The number of hydrogen-bond acceptors (Lipinski definition) is 7. The van der Waals surface area contributed by atoms with Gasteiger partial charge in [0.15, 0.2) is 11.5 Å². The van der Waals surface area contributed by atoms with Crippen LogP contribution in [-0.2, 0) is 16.1 Å². The summed E-state index contributed by atoms with van der Waals surface area (Å²) in [6, 6.07) is 10.9. The molecule has 0 saturated carbocycles. The first-order valence-electron chi connectivity index (χ1n) is 8.33. The van der Waals surface area contributed by atoms with Crippen LogP contribution in [0.25, 0.3) is 17.0 Å². The fourth-order valence-electron chi connectivity index (χ4n) is 2.66. The van der Waals surface area contributed by atoms with Crippen molar-refractivity contribution in [3.63, 3.8) is 0 Å². The van der Waals surface area contributed by atoms with Gasteiger partial charge in [-0.1, -0.05) is 6.07 Å². The molecule has 1 N–H and O–H groups in total. The molecule has 7 nitrogen and oxygen atoms in total. The van der Waals surface area contributed by atoms with Gasteiger partial charge in [0.05, 0.1) is 14.2 Å². The van der Waals surface area contributed by atoms with E-state index in [1.165, 1.54) is 31.4 Å². The molecule has 0 radical (unpaired) electrons. The Bertz CT molecular complexity index is 1100.